The van der Waals surface area contributed by atoms with Gasteiger partial charge in [-0.1, -0.05) is 0 Å². The smallest absolute Gasteiger partial charge is 0.335 e. The number of carbonyl (C=O) groups excluding carboxylic acids is 3. The highest BCUT2D eigenvalue weighted by Gasteiger charge is 2.37. The molecule has 1 aliphatic rings. The predicted molar refractivity (Wildman–Crippen MR) is 102 cm³/mol. The first-order chi connectivity index (χ1) is 13.8. The zero-order valence-corrected chi connectivity index (χ0v) is 15.4. The molecular weight excluding hydrogens is 382 g/mol. The number of carbonyl (C=O) groups is 3. The number of urea groups is 1. The standard InChI is InChI=1S/C19H15N3O7/c1-28-14-8-3-11(16(10-14)29-2)9-15-17(23)20-19(25)21(18(15)24)12-4-6-13(7-5-12)22(26)27/h3-10H,1-2H3,(H,20,23,25)/b15-9-. The number of anilines is 1. The van der Waals surface area contributed by atoms with Gasteiger partial charge in [0.15, 0.2) is 0 Å². The Morgan fingerprint density at radius 2 is 1.72 bits per heavy atom. The van der Waals surface area contributed by atoms with Crippen molar-refractivity contribution >= 4 is 35.3 Å². The summed E-state index contributed by atoms with van der Waals surface area (Å²) in [7, 11) is 2.91. The van der Waals surface area contributed by atoms with Crippen LogP contribution >= 0.6 is 0 Å². The van der Waals surface area contributed by atoms with Gasteiger partial charge in [-0.2, -0.15) is 0 Å². The molecule has 0 spiro atoms. The number of benzene rings is 2. The SMILES string of the molecule is COc1ccc(/C=C2/C(=O)NC(=O)N(c3ccc([N+](=O)[O-])cc3)C2=O)c(OC)c1. The van der Waals surface area contributed by atoms with E-state index < -0.39 is 22.8 Å². The molecule has 1 saturated heterocycles. The third kappa shape index (κ3) is 3.76. The van der Waals surface area contributed by atoms with E-state index in [1.54, 1.807) is 18.2 Å². The molecule has 0 unspecified atom stereocenters. The topological polar surface area (TPSA) is 128 Å². The molecule has 1 heterocycles. The summed E-state index contributed by atoms with van der Waals surface area (Å²) in [4.78, 5) is 48.3. The molecule has 0 aliphatic carbocycles. The fourth-order valence-corrected chi connectivity index (χ4v) is 2.71. The summed E-state index contributed by atoms with van der Waals surface area (Å²) in [6, 6.07) is 8.65. The van der Waals surface area contributed by atoms with E-state index in [0.717, 1.165) is 17.0 Å². The fourth-order valence-electron chi connectivity index (χ4n) is 2.71. The number of non-ortho nitro benzene ring substituents is 1. The molecular formula is C19H15N3O7. The largest absolute Gasteiger partial charge is 0.497 e. The summed E-state index contributed by atoms with van der Waals surface area (Å²) in [5.41, 5.74) is 0.00263. The van der Waals surface area contributed by atoms with Gasteiger partial charge in [-0.25, -0.2) is 9.69 Å². The lowest BCUT2D eigenvalue weighted by Gasteiger charge is -2.26. The van der Waals surface area contributed by atoms with Crippen LogP contribution < -0.4 is 19.7 Å². The highest BCUT2D eigenvalue weighted by molar-refractivity contribution is 6.39. The Balaban J connectivity index is 2.01. The summed E-state index contributed by atoms with van der Waals surface area (Å²) in [5.74, 6) is -0.858. The van der Waals surface area contributed by atoms with Gasteiger partial charge >= 0.3 is 6.03 Å². The Hall–Kier alpha value is -4.21. The Kier molecular flexibility index (Phi) is 5.26. The minimum absolute atomic E-state index is 0.0817. The maximum atomic E-state index is 12.9. The maximum absolute atomic E-state index is 12.9. The molecule has 1 N–H and O–H groups in total. The summed E-state index contributed by atoms with van der Waals surface area (Å²) in [5, 5.41) is 12.9. The van der Waals surface area contributed by atoms with E-state index in [2.05, 4.69) is 5.32 Å². The summed E-state index contributed by atoms with van der Waals surface area (Å²) in [6.07, 6.45) is 1.29. The minimum atomic E-state index is -0.951. The van der Waals surface area contributed by atoms with Crippen LogP contribution in [0, 0.1) is 10.1 Å². The number of barbiturate groups is 1. The van der Waals surface area contributed by atoms with Crippen molar-refractivity contribution < 1.29 is 28.8 Å². The van der Waals surface area contributed by atoms with Crippen LogP contribution in [-0.2, 0) is 9.59 Å². The molecule has 0 atom stereocenters. The molecule has 1 fully saturated rings. The molecule has 3 rings (SSSR count). The molecule has 2 aromatic rings. The van der Waals surface area contributed by atoms with E-state index in [4.69, 9.17) is 9.47 Å². The lowest BCUT2D eigenvalue weighted by molar-refractivity contribution is -0.384. The van der Waals surface area contributed by atoms with Crippen LogP contribution in [0.3, 0.4) is 0 Å². The van der Waals surface area contributed by atoms with E-state index in [1.165, 1.54) is 32.4 Å². The van der Waals surface area contributed by atoms with Crippen LogP contribution in [0.25, 0.3) is 6.08 Å². The average Bonchev–Trinajstić information content (AvgIpc) is 2.71. The number of hydrogen-bond acceptors (Lipinski definition) is 7. The number of rotatable bonds is 5. The van der Waals surface area contributed by atoms with Crippen LogP contribution in [0.5, 0.6) is 11.5 Å². The van der Waals surface area contributed by atoms with Crippen molar-refractivity contribution in [2.75, 3.05) is 19.1 Å². The van der Waals surface area contributed by atoms with Crippen molar-refractivity contribution in [1.29, 1.82) is 0 Å². The number of nitrogens with one attached hydrogen (secondary N) is 1. The van der Waals surface area contributed by atoms with Crippen molar-refractivity contribution in [3.05, 3.63) is 63.7 Å². The molecule has 29 heavy (non-hydrogen) atoms. The van der Waals surface area contributed by atoms with Gasteiger partial charge in [0.25, 0.3) is 17.5 Å². The zero-order valence-electron chi connectivity index (χ0n) is 15.4. The maximum Gasteiger partial charge on any atom is 0.335 e. The second-order valence-electron chi connectivity index (χ2n) is 5.84. The van der Waals surface area contributed by atoms with Crippen LogP contribution in [0.4, 0.5) is 16.2 Å². The van der Waals surface area contributed by atoms with Crippen LogP contribution in [0.2, 0.25) is 0 Å². The highest BCUT2D eigenvalue weighted by atomic mass is 16.6. The monoisotopic (exact) mass is 397 g/mol. The van der Waals surface area contributed by atoms with Crippen molar-refractivity contribution in [1.82, 2.24) is 5.32 Å². The number of hydrogen-bond donors (Lipinski definition) is 1. The lowest BCUT2D eigenvalue weighted by Crippen LogP contribution is -2.54. The Morgan fingerprint density at radius 1 is 1.03 bits per heavy atom. The normalized spacial score (nSPS) is 15.3. The van der Waals surface area contributed by atoms with E-state index in [1.807, 2.05) is 0 Å². The van der Waals surface area contributed by atoms with E-state index in [9.17, 15) is 24.5 Å². The second kappa shape index (κ2) is 7.80. The third-order valence-corrected chi connectivity index (χ3v) is 4.16. The van der Waals surface area contributed by atoms with Gasteiger partial charge in [-0.05, 0) is 30.3 Å². The number of methoxy groups -OCH3 is 2. The Bertz CT molecular complexity index is 1040. The molecule has 2 aromatic carbocycles. The first-order valence-electron chi connectivity index (χ1n) is 8.23. The number of nitro groups is 1. The van der Waals surface area contributed by atoms with Crippen molar-refractivity contribution in [2.45, 2.75) is 0 Å². The minimum Gasteiger partial charge on any atom is -0.497 e. The molecule has 0 bridgehead atoms. The molecule has 148 valence electrons. The predicted octanol–water partition coefficient (Wildman–Crippen LogP) is 2.28. The van der Waals surface area contributed by atoms with Gasteiger partial charge in [0.2, 0.25) is 0 Å². The number of nitrogens with zero attached hydrogens (tertiary/aromatic N) is 2. The first-order valence-corrected chi connectivity index (χ1v) is 8.23. The lowest BCUT2D eigenvalue weighted by atomic mass is 10.1. The summed E-state index contributed by atoms with van der Waals surface area (Å²) in [6.45, 7) is 0. The van der Waals surface area contributed by atoms with E-state index >= 15 is 0 Å². The number of imide groups is 2. The van der Waals surface area contributed by atoms with Gasteiger partial charge in [-0.3, -0.25) is 25.0 Å². The Morgan fingerprint density at radius 3 is 2.31 bits per heavy atom. The summed E-state index contributed by atoms with van der Waals surface area (Å²) >= 11 is 0. The van der Waals surface area contributed by atoms with Crippen molar-refractivity contribution in [3.63, 3.8) is 0 Å². The van der Waals surface area contributed by atoms with Crippen molar-refractivity contribution in [2.24, 2.45) is 0 Å². The number of amides is 4. The zero-order chi connectivity index (χ0) is 21.1. The van der Waals surface area contributed by atoms with Gasteiger partial charge in [0.05, 0.1) is 24.8 Å². The molecule has 10 nitrogen and oxygen atoms in total. The molecule has 10 heteroatoms. The first kappa shape index (κ1) is 19.5. The molecule has 0 radical (unpaired) electrons. The molecule has 0 aromatic heterocycles. The van der Waals surface area contributed by atoms with E-state index in [0.29, 0.717) is 17.1 Å². The van der Waals surface area contributed by atoms with Gasteiger partial charge in [-0.15, -0.1) is 0 Å². The molecule has 1 aliphatic heterocycles. The number of ether oxygens (including phenoxy) is 2. The van der Waals surface area contributed by atoms with E-state index in [-0.39, 0.29) is 16.9 Å². The average molecular weight is 397 g/mol. The van der Waals surface area contributed by atoms with Crippen LogP contribution in [-0.4, -0.2) is 37.0 Å². The van der Waals surface area contributed by atoms with Crippen LogP contribution in [0.15, 0.2) is 48.0 Å². The van der Waals surface area contributed by atoms with Gasteiger partial charge in [0, 0.05) is 23.8 Å². The van der Waals surface area contributed by atoms with Gasteiger partial charge in [0.1, 0.15) is 17.1 Å². The van der Waals surface area contributed by atoms with Crippen LogP contribution in [0.1, 0.15) is 5.56 Å². The Labute approximate surface area is 164 Å². The quantitative estimate of drug-likeness (QED) is 0.355. The molecule has 0 saturated carbocycles. The highest BCUT2D eigenvalue weighted by Crippen LogP contribution is 2.29. The second-order valence-corrected chi connectivity index (χ2v) is 5.84. The van der Waals surface area contributed by atoms with Crippen molar-refractivity contribution in [3.8, 4) is 11.5 Å². The third-order valence-electron chi connectivity index (χ3n) is 4.16. The number of nitro benzene ring substituents is 1. The summed E-state index contributed by atoms with van der Waals surface area (Å²) < 4.78 is 10.4. The van der Waals surface area contributed by atoms with Gasteiger partial charge < -0.3 is 9.47 Å². The molecule has 4 amide bonds. The fraction of sp³-hybridized carbons (Fsp3) is 0.105.